The fourth-order valence-electron chi connectivity index (χ4n) is 1.80. The molecule has 1 N–H and O–H groups in total. The molecule has 7 heteroatoms. The Morgan fingerprint density at radius 2 is 2.05 bits per heavy atom. The van der Waals surface area contributed by atoms with Gasteiger partial charge in [-0.05, 0) is 42.0 Å². The number of nitrogens with one attached hydrogen (secondary N) is 1. The molecule has 0 aliphatic heterocycles. The van der Waals surface area contributed by atoms with Gasteiger partial charge in [-0.2, -0.15) is 14.9 Å². The van der Waals surface area contributed by atoms with Gasteiger partial charge in [-0.15, -0.1) is 0 Å². The van der Waals surface area contributed by atoms with Crippen molar-refractivity contribution in [3.05, 3.63) is 63.6 Å². The van der Waals surface area contributed by atoms with Gasteiger partial charge in [0.25, 0.3) is 0 Å². The first-order valence-electron chi connectivity index (χ1n) is 6.12. The highest BCUT2D eigenvalue weighted by Crippen LogP contribution is 2.16. The van der Waals surface area contributed by atoms with Crippen LogP contribution in [0.5, 0.6) is 0 Å². The van der Waals surface area contributed by atoms with Gasteiger partial charge in [0.1, 0.15) is 0 Å². The highest BCUT2D eigenvalue weighted by Gasteiger charge is 2.07. The fourth-order valence-corrected chi connectivity index (χ4v) is 2.39. The molecule has 0 unspecified atom stereocenters. The Balaban J connectivity index is 2.00. The topological polar surface area (TPSA) is 58.9 Å². The lowest BCUT2D eigenvalue weighted by atomic mass is 10.2. The molecule has 21 heavy (non-hydrogen) atoms. The predicted octanol–water partition coefficient (Wildman–Crippen LogP) is 3.65. The molecule has 0 bridgehead atoms. The normalized spacial score (nSPS) is 11.1. The summed E-state index contributed by atoms with van der Waals surface area (Å²) < 4.78 is 3.02. The molecule has 104 valence electrons. The molecule has 0 amide bonds. The third kappa shape index (κ3) is 3.14. The summed E-state index contributed by atoms with van der Waals surface area (Å²) in [6.45, 7) is 0. The number of halogens is 1. The predicted molar refractivity (Wildman–Crippen MR) is 87.8 cm³/mol. The summed E-state index contributed by atoms with van der Waals surface area (Å²) in [6, 6.07) is 11.6. The van der Waals surface area contributed by atoms with Crippen molar-refractivity contribution in [1.29, 1.82) is 0 Å². The molecule has 2 aromatic heterocycles. The third-order valence-electron chi connectivity index (χ3n) is 2.76. The minimum atomic E-state index is 0.438. The van der Waals surface area contributed by atoms with E-state index in [0.717, 1.165) is 15.6 Å². The van der Waals surface area contributed by atoms with Crippen LogP contribution in [0.1, 0.15) is 5.56 Å². The largest absolute Gasteiger partial charge is 0.265 e. The van der Waals surface area contributed by atoms with Gasteiger partial charge in [-0.1, -0.05) is 28.1 Å². The Kier molecular flexibility index (Phi) is 4.03. The van der Waals surface area contributed by atoms with Crippen LogP contribution in [-0.4, -0.2) is 26.1 Å². The van der Waals surface area contributed by atoms with Gasteiger partial charge in [0.15, 0.2) is 5.82 Å². The Morgan fingerprint density at radius 1 is 1.24 bits per heavy atom. The molecule has 0 radical (unpaired) electrons. The lowest BCUT2D eigenvalue weighted by Gasteiger charge is -2.00. The molecule has 0 aliphatic carbocycles. The zero-order valence-corrected chi connectivity index (χ0v) is 13.2. The van der Waals surface area contributed by atoms with E-state index in [4.69, 9.17) is 12.2 Å². The third-order valence-corrected chi connectivity index (χ3v) is 3.52. The number of rotatable bonds is 3. The number of pyridine rings is 1. The highest BCUT2D eigenvalue weighted by molar-refractivity contribution is 9.10. The standard InChI is InChI=1S/C14H10BrN5S/c15-12-3-1-2-10(8-12)9-17-20-13(18-19-14(20)21)11-4-6-16-7-5-11/h1-9H,(H,19,21)/b17-9+. The first-order valence-corrected chi connectivity index (χ1v) is 7.32. The van der Waals surface area contributed by atoms with E-state index in [1.54, 1.807) is 23.3 Å². The maximum Gasteiger partial charge on any atom is 0.216 e. The second-order valence-corrected chi connectivity index (χ2v) is 5.50. The lowest BCUT2D eigenvalue weighted by Crippen LogP contribution is -1.95. The van der Waals surface area contributed by atoms with E-state index in [1.165, 1.54) is 0 Å². The first-order chi connectivity index (χ1) is 10.2. The first kappa shape index (κ1) is 13.8. The van der Waals surface area contributed by atoms with Crippen LogP contribution < -0.4 is 0 Å². The average Bonchev–Trinajstić information content (AvgIpc) is 2.87. The number of nitrogens with zero attached hydrogens (tertiary/aromatic N) is 4. The number of hydrogen-bond acceptors (Lipinski definition) is 4. The van der Waals surface area contributed by atoms with Crippen LogP contribution in [0.4, 0.5) is 0 Å². The van der Waals surface area contributed by atoms with Gasteiger partial charge in [0.05, 0.1) is 6.21 Å². The molecule has 5 nitrogen and oxygen atoms in total. The number of hydrogen-bond donors (Lipinski definition) is 1. The van der Waals surface area contributed by atoms with Crippen LogP contribution in [0, 0.1) is 4.77 Å². The smallest absolute Gasteiger partial charge is 0.216 e. The van der Waals surface area contributed by atoms with E-state index in [2.05, 4.69) is 36.2 Å². The molecule has 3 aromatic rings. The molecule has 0 fully saturated rings. The zero-order chi connectivity index (χ0) is 14.7. The number of aromatic nitrogens is 4. The molecule has 0 spiro atoms. The highest BCUT2D eigenvalue weighted by atomic mass is 79.9. The average molecular weight is 360 g/mol. The maximum atomic E-state index is 5.22. The van der Waals surface area contributed by atoms with Crippen molar-refractivity contribution in [3.8, 4) is 11.4 Å². The summed E-state index contributed by atoms with van der Waals surface area (Å²) in [4.78, 5) is 3.99. The van der Waals surface area contributed by atoms with Crippen LogP contribution in [0.25, 0.3) is 11.4 Å². The fraction of sp³-hybridized carbons (Fsp3) is 0. The maximum absolute atomic E-state index is 5.22. The Morgan fingerprint density at radius 3 is 2.81 bits per heavy atom. The van der Waals surface area contributed by atoms with Gasteiger partial charge in [0, 0.05) is 22.4 Å². The van der Waals surface area contributed by atoms with E-state index >= 15 is 0 Å². The van der Waals surface area contributed by atoms with E-state index in [-0.39, 0.29) is 0 Å². The van der Waals surface area contributed by atoms with Crippen LogP contribution in [0.3, 0.4) is 0 Å². The summed E-state index contributed by atoms with van der Waals surface area (Å²) in [5, 5.41) is 11.4. The second-order valence-electron chi connectivity index (χ2n) is 4.20. The lowest BCUT2D eigenvalue weighted by molar-refractivity contribution is 0.871. The van der Waals surface area contributed by atoms with Gasteiger partial charge < -0.3 is 0 Å². The summed E-state index contributed by atoms with van der Waals surface area (Å²) >= 11 is 8.65. The molecule has 0 saturated carbocycles. The summed E-state index contributed by atoms with van der Waals surface area (Å²) in [7, 11) is 0. The summed E-state index contributed by atoms with van der Waals surface area (Å²) in [6.07, 6.45) is 5.14. The van der Waals surface area contributed by atoms with Crippen molar-refractivity contribution in [3.63, 3.8) is 0 Å². The zero-order valence-electron chi connectivity index (χ0n) is 10.8. The quantitative estimate of drug-likeness (QED) is 0.573. The number of benzene rings is 1. The number of H-pyrrole nitrogens is 1. The Hall–Kier alpha value is -2.12. The van der Waals surface area contributed by atoms with Gasteiger partial charge >= 0.3 is 0 Å². The van der Waals surface area contributed by atoms with E-state index < -0.39 is 0 Å². The summed E-state index contributed by atoms with van der Waals surface area (Å²) in [5.41, 5.74) is 1.86. The van der Waals surface area contributed by atoms with Crippen LogP contribution >= 0.6 is 28.1 Å². The summed E-state index contributed by atoms with van der Waals surface area (Å²) in [5.74, 6) is 0.647. The van der Waals surface area contributed by atoms with Crippen molar-refractivity contribution in [1.82, 2.24) is 19.9 Å². The molecule has 0 saturated heterocycles. The van der Waals surface area contributed by atoms with Crippen molar-refractivity contribution in [2.45, 2.75) is 0 Å². The SMILES string of the molecule is S=c1[nH]nc(-c2ccncc2)n1/N=C/c1cccc(Br)c1. The number of aromatic amines is 1. The van der Waals surface area contributed by atoms with Gasteiger partial charge in [-0.3, -0.25) is 4.98 Å². The molecular weight excluding hydrogens is 350 g/mol. The monoisotopic (exact) mass is 359 g/mol. The molecule has 3 rings (SSSR count). The van der Waals surface area contributed by atoms with E-state index in [0.29, 0.717) is 10.6 Å². The molecular formula is C14H10BrN5S. The van der Waals surface area contributed by atoms with Crippen molar-refractivity contribution in [2.24, 2.45) is 5.10 Å². The van der Waals surface area contributed by atoms with Crippen LogP contribution in [0.2, 0.25) is 0 Å². The van der Waals surface area contributed by atoms with Crippen LogP contribution in [-0.2, 0) is 0 Å². The molecule has 0 aliphatic rings. The minimum absolute atomic E-state index is 0.438. The Labute approximate surface area is 134 Å². The van der Waals surface area contributed by atoms with E-state index in [9.17, 15) is 0 Å². The van der Waals surface area contributed by atoms with Crippen molar-refractivity contribution in [2.75, 3.05) is 0 Å². The van der Waals surface area contributed by atoms with Gasteiger partial charge in [0.2, 0.25) is 4.77 Å². The van der Waals surface area contributed by atoms with Crippen LogP contribution in [0.15, 0.2) is 58.4 Å². The molecule has 2 heterocycles. The Bertz CT molecular complexity index is 838. The molecule has 1 aromatic carbocycles. The second kappa shape index (κ2) is 6.11. The molecule has 0 atom stereocenters. The van der Waals surface area contributed by atoms with E-state index in [1.807, 2.05) is 36.4 Å². The van der Waals surface area contributed by atoms with Crippen molar-refractivity contribution < 1.29 is 0 Å². The minimum Gasteiger partial charge on any atom is -0.265 e. The van der Waals surface area contributed by atoms with Gasteiger partial charge in [-0.25, -0.2) is 5.10 Å². The van der Waals surface area contributed by atoms with Crippen molar-refractivity contribution >= 4 is 34.4 Å².